The van der Waals surface area contributed by atoms with Crippen LogP contribution in [0.1, 0.15) is 113 Å². The predicted molar refractivity (Wildman–Crippen MR) is 257 cm³/mol. The largest absolute Gasteiger partial charge is 0.475 e. The van der Waals surface area contributed by atoms with Crippen LogP contribution < -0.4 is 15.6 Å². The van der Waals surface area contributed by atoms with E-state index in [0.29, 0.717) is 34.6 Å². The van der Waals surface area contributed by atoms with E-state index in [9.17, 15) is 19.5 Å². The molecule has 346 valence electrons. The van der Waals surface area contributed by atoms with E-state index < -0.39 is 23.5 Å². The minimum Gasteiger partial charge on any atom is -0.475 e. The Morgan fingerprint density at radius 1 is 1.05 bits per heavy atom. The summed E-state index contributed by atoms with van der Waals surface area (Å²) in [6, 6.07) is 20.9. The van der Waals surface area contributed by atoms with Crippen LogP contribution in [-0.2, 0) is 15.0 Å². The number of aromatic nitrogens is 4. The number of nitrogens with zero attached hydrogens (tertiary/aromatic N) is 6. The maximum atomic E-state index is 14.3. The molecule has 2 saturated heterocycles. The Kier molecular flexibility index (Phi) is 12.7. The Labute approximate surface area is 394 Å². The summed E-state index contributed by atoms with van der Waals surface area (Å²) in [4.78, 5) is 55.1. The van der Waals surface area contributed by atoms with Crippen molar-refractivity contribution in [2.75, 3.05) is 32.8 Å². The van der Waals surface area contributed by atoms with E-state index in [4.69, 9.17) is 20.9 Å². The zero-order chi connectivity index (χ0) is 46.6. The van der Waals surface area contributed by atoms with Crippen molar-refractivity contribution in [1.29, 1.82) is 0 Å². The monoisotopic (exact) mass is 931 g/mol. The standard InChI is InChI=1S/C51H58ClN7O6S/c1-28(2)44(49(63)58-25-36(60)22-41(58)47(61)54-30(4)32-11-13-34(14-12-32)46-31(5)53-27-66-46)42-23-43(56-65-42)64-26-29(3)24-57-19-17-33(18-20-57)35-15-16-37-40(21-35)59-39-10-8-9-38(52)45(39)48(62)55-50(59)51(37,6)7/h8-16,21,23,27-30,33,36,41,44,60H,17-20,22,24-26H2,1-7H3,(H,54,61)/t29?,30-,36+,41-,44+/m0/s1. The second kappa shape index (κ2) is 18.3. The number of aryl methyl sites for hydroxylation is 1. The number of rotatable bonds is 13. The fraction of sp³-hybridized carbons (Fsp3) is 0.451. The summed E-state index contributed by atoms with van der Waals surface area (Å²) in [7, 11) is 0. The number of carbonyl (C=O) groups excluding carboxylic acids is 2. The first kappa shape index (κ1) is 45.7. The molecule has 3 aromatic carbocycles. The van der Waals surface area contributed by atoms with E-state index >= 15 is 0 Å². The van der Waals surface area contributed by atoms with E-state index in [1.54, 1.807) is 23.5 Å². The van der Waals surface area contributed by atoms with E-state index in [1.807, 2.05) is 69.6 Å². The molecule has 0 saturated carbocycles. The summed E-state index contributed by atoms with van der Waals surface area (Å²) in [5, 5.41) is 18.9. The summed E-state index contributed by atoms with van der Waals surface area (Å²) in [5.74, 6) is 0.508. The van der Waals surface area contributed by atoms with Crippen LogP contribution in [0.25, 0.3) is 27.0 Å². The minimum absolute atomic E-state index is 0.0536. The Morgan fingerprint density at radius 3 is 2.52 bits per heavy atom. The third-order valence-corrected chi connectivity index (χ3v) is 15.2. The van der Waals surface area contributed by atoms with Gasteiger partial charge in [0.15, 0.2) is 5.76 Å². The van der Waals surface area contributed by atoms with Gasteiger partial charge in [-0.3, -0.25) is 19.0 Å². The lowest BCUT2D eigenvalue weighted by atomic mass is 9.83. The van der Waals surface area contributed by atoms with Crippen LogP contribution in [0.15, 0.2) is 81.6 Å². The number of hydrogen-bond donors (Lipinski definition) is 2. The molecule has 3 aliphatic rings. The number of fused-ring (bicyclic) bond motifs is 5. The van der Waals surface area contributed by atoms with Crippen molar-refractivity contribution in [3.05, 3.63) is 122 Å². The topological polar surface area (TPSA) is 156 Å². The van der Waals surface area contributed by atoms with E-state index in [1.165, 1.54) is 10.5 Å². The van der Waals surface area contributed by atoms with Gasteiger partial charge in [-0.1, -0.05) is 74.8 Å². The van der Waals surface area contributed by atoms with Crippen LogP contribution in [0.3, 0.4) is 0 Å². The van der Waals surface area contributed by atoms with Gasteiger partial charge in [-0.05, 0) is 111 Å². The fourth-order valence-electron chi connectivity index (χ4n) is 10.3. The molecule has 66 heavy (non-hydrogen) atoms. The molecule has 1 unspecified atom stereocenters. The number of β-amino-alcohol motifs (C(OH)–C–C–N with tert-alkyl or cyclic N) is 1. The number of carbonyl (C=O) groups is 2. The lowest BCUT2D eigenvalue weighted by molar-refractivity contribution is -0.141. The van der Waals surface area contributed by atoms with Crippen molar-refractivity contribution in [1.82, 2.24) is 34.8 Å². The Hall–Kier alpha value is -5.41. The lowest BCUT2D eigenvalue weighted by Gasteiger charge is -2.34. The number of thiazole rings is 1. The smallest absolute Gasteiger partial charge is 0.282 e. The fourth-order valence-corrected chi connectivity index (χ4v) is 11.4. The molecule has 3 aliphatic heterocycles. The van der Waals surface area contributed by atoms with Gasteiger partial charge in [-0.15, -0.1) is 11.3 Å². The van der Waals surface area contributed by atoms with Gasteiger partial charge in [0.05, 0.1) is 61.9 Å². The number of aliphatic hydroxyl groups is 1. The molecule has 0 radical (unpaired) electrons. The number of benzene rings is 3. The predicted octanol–water partition coefficient (Wildman–Crippen LogP) is 8.57. The summed E-state index contributed by atoms with van der Waals surface area (Å²) in [6.45, 7) is 17.4. The first-order chi connectivity index (χ1) is 31.6. The van der Waals surface area contributed by atoms with Gasteiger partial charge in [0.2, 0.25) is 11.8 Å². The van der Waals surface area contributed by atoms with E-state index in [-0.39, 0.29) is 48.2 Å². The van der Waals surface area contributed by atoms with Crippen LogP contribution in [0.2, 0.25) is 5.02 Å². The van der Waals surface area contributed by atoms with Crippen LogP contribution in [-0.4, -0.2) is 91.3 Å². The molecular formula is C51H58ClN7O6S. The van der Waals surface area contributed by atoms with Gasteiger partial charge < -0.3 is 29.5 Å². The number of amides is 2. The van der Waals surface area contributed by atoms with Crippen molar-refractivity contribution in [2.24, 2.45) is 11.8 Å². The average Bonchev–Trinajstić information content (AvgIpc) is 4.08. The Bertz CT molecular complexity index is 2830. The summed E-state index contributed by atoms with van der Waals surface area (Å²) in [6.07, 6.45) is 1.36. The first-order valence-electron chi connectivity index (χ1n) is 23.1. The molecule has 13 nitrogen and oxygen atoms in total. The van der Waals surface area contributed by atoms with Gasteiger partial charge in [0.1, 0.15) is 17.8 Å². The molecule has 5 atom stereocenters. The molecule has 3 aromatic heterocycles. The maximum Gasteiger partial charge on any atom is 0.282 e. The zero-order valence-corrected chi connectivity index (χ0v) is 40.2. The highest BCUT2D eigenvalue weighted by atomic mass is 35.5. The number of aliphatic hydroxyl groups excluding tert-OH is 1. The highest BCUT2D eigenvalue weighted by Gasteiger charge is 2.44. The van der Waals surface area contributed by atoms with Gasteiger partial charge in [0, 0.05) is 31.5 Å². The molecule has 9 rings (SSSR count). The molecule has 6 heterocycles. The summed E-state index contributed by atoms with van der Waals surface area (Å²) >= 11 is 8.11. The van der Waals surface area contributed by atoms with Gasteiger partial charge in [-0.2, -0.15) is 4.98 Å². The van der Waals surface area contributed by atoms with Crippen LogP contribution in [0.5, 0.6) is 5.88 Å². The molecule has 15 heteroatoms. The summed E-state index contributed by atoms with van der Waals surface area (Å²) in [5.41, 5.74) is 8.38. The highest BCUT2D eigenvalue weighted by molar-refractivity contribution is 7.13. The number of hydrogen-bond acceptors (Lipinski definition) is 11. The Morgan fingerprint density at radius 2 is 1.80 bits per heavy atom. The second-order valence-electron chi connectivity index (χ2n) is 19.4. The van der Waals surface area contributed by atoms with Crippen molar-refractivity contribution < 1.29 is 24.0 Å². The molecular weight excluding hydrogens is 874 g/mol. The molecule has 0 aliphatic carbocycles. The second-order valence-corrected chi connectivity index (χ2v) is 20.7. The number of nitrogens with one attached hydrogen (secondary N) is 1. The number of piperidine rings is 1. The Balaban J connectivity index is 0.786. The third kappa shape index (κ3) is 8.68. The highest BCUT2D eigenvalue weighted by Crippen LogP contribution is 2.45. The zero-order valence-electron chi connectivity index (χ0n) is 38.6. The van der Waals surface area contributed by atoms with Crippen LogP contribution >= 0.6 is 22.9 Å². The average molecular weight is 933 g/mol. The summed E-state index contributed by atoms with van der Waals surface area (Å²) < 4.78 is 14.0. The normalized spacial score (nSPS) is 19.8. The van der Waals surface area contributed by atoms with Gasteiger partial charge in [0.25, 0.3) is 11.4 Å². The van der Waals surface area contributed by atoms with Crippen LogP contribution in [0, 0.1) is 18.8 Å². The maximum absolute atomic E-state index is 14.3. The van der Waals surface area contributed by atoms with Crippen molar-refractivity contribution in [3.63, 3.8) is 0 Å². The van der Waals surface area contributed by atoms with Gasteiger partial charge in [-0.25, -0.2) is 4.98 Å². The van der Waals surface area contributed by atoms with Crippen molar-refractivity contribution in [2.45, 2.75) is 103 Å². The SMILES string of the molecule is Cc1ncsc1-c1ccc([C@H](C)NC(=O)[C@@H]2C[C@@H](O)CN2C(=O)[C@@H](c2cc(OCC(C)CN3CCC(c4ccc5c(c4)-n4c(nc(=O)c6c(Cl)cccc64)C5(C)C)CC3)no2)C(C)C)cc1. The molecule has 2 fully saturated rings. The third-order valence-electron chi connectivity index (χ3n) is 13.9. The molecule has 0 bridgehead atoms. The minimum atomic E-state index is -0.829. The van der Waals surface area contributed by atoms with Crippen molar-refractivity contribution in [3.8, 4) is 22.0 Å². The quantitative estimate of drug-likeness (QED) is 0.115. The first-order valence-corrected chi connectivity index (χ1v) is 24.3. The number of ether oxygens (including phenoxy) is 1. The van der Waals surface area contributed by atoms with Crippen molar-refractivity contribution >= 4 is 45.7 Å². The van der Waals surface area contributed by atoms with E-state index in [2.05, 4.69) is 68.9 Å². The lowest BCUT2D eigenvalue weighted by Crippen LogP contribution is -2.48. The molecule has 0 spiro atoms. The van der Waals surface area contributed by atoms with E-state index in [0.717, 1.165) is 76.8 Å². The van der Waals surface area contributed by atoms with Crippen LogP contribution in [0.4, 0.5) is 0 Å². The number of halogens is 1. The number of likely N-dealkylation sites (tertiary alicyclic amines) is 2. The molecule has 2 amide bonds. The molecule has 6 aromatic rings. The molecule has 2 N–H and O–H groups in total. The van der Waals surface area contributed by atoms with Gasteiger partial charge >= 0.3 is 0 Å².